The standard InChI is InChI=1S/C17H26N2O/c1-5-19-14(2)15-9-6-7-10-16(15)20-12-8-11-17(3,4)13-18/h6-7,9-10,14,19H,5,8,11-12H2,1-4H3. The summed E-state index contributed by atoms with van der Waals surface area (Å²) in [4.78, 5) is 0. The fourth-order valence-electron chi connectivity index (χ4n) is 2.14. The summed E-state index contributed by atoms with van der Waals surface area (Å²) in [6.45, 7) is 9.77. The molecule has 0 radical (unpaired) electrons. The number of rotatable bonds is 8. The quantitative estimate of drug-likeness (QED) is 0.727. The normalized spacial score (nSPS) is 12.8. The van der Waals surface area contributed by atoms with Gasteiger partial charge in [0.2, 0.25) is 0 Å². The van der Waals surface area contributed by atoms with Crippen molar-refractivity contribution in [2.75, 3.05) is 13.2 Å². The van der Waals surface area contributed by atoms with Crippen LogP contribution in [0.25, 0.3) is 0 Å². The van der Waals surface area contributed by atoms with Crippen LogP contribution < -0.4 is 10.1 Å². The highest BCUT2D eigenvalue weighted by molar-refractivity contribution is 5.35. The highest BCUT2D eigenvalue weighted by Gasteiger charge is 2.16. The van der Waals surface area contributed by atoms with Crippen molar-refractivity contribution in [3.8, 4) is 11.8 Å². The number of nitrogens with one attached hydrogen (secondary N) is 1. The minimum atomic E-state index is -0.264. The highest BCUT2D eigenvalue weighted by atomic mass is 16.5. The Morgan fingerprint density at radius 3 is 2.70 bits per heavy atom. The topological polar surface area (TPSA) is 45.0 Å². The van der Waals surface area contributed by atoms with Crippen molar-refractivity contribution in [1.29, 1.82) is 5.26 Å². The van der Waals surface area contributed by atoms with Gasteiger partial charge in [0, 0.05) is 11.6 Å². The van der Waals surface area contributed by atoms with Gasteiger partial charge in [0.05, 0.1) is 18.1 Å². The third-order valence-electron chi connectivity index (χ3n) is 3.40. The predicted octanol–water partition coefficient (Wildman–Crippen LogP) is 4.07. The molecule has 1 unspecified atom stereocenters. The van der Waals surface area contributed by atoms with E-state index in [2.05, 4.69) is 31.3 Å². The maximum atomic E-state index is 8.99. The van der Waals surface area contributed by atoms with E-state index < -0.39 is 0 Å². The number of para-hydroxylation sites is 1. The lowest BCUT2D eigenvalue weighted by Crippen LogP contribution is -2.18. The van der Waals surface area contributed by atoms with E-state index in [9.17, 15) is 0 Å². The number of hydrogen-bond acceptors (Lipinski definition) is 3. The Kier molecular flexibility index (Phi) is 6.54. The van der Waals surface area contributed by atoms with Gasteiger partial charge < -0.3 is 10.1 Å². The van der Waals surface area contributed by atoms with E-state index in [1.165, 1.54) is 5.56 Å². The smallest absolute Gasteiger partial charge is 0.124 e. The van der Waals surface area contributed by atoms with Gasteiger partial charge in [0.15, 0.2) is 0 Å². The van der Waals surface area contributed by atoms with Gasteiger partial charge in [-0.1, -0.05) is 25.1 Å². The largest absolute Gasteiger partial charge is 0.493 e. The predicted molar refractivity (Wildman–Crippen MR) is 82.7 cm³/mol. The first-order valence-electron chi connectivity index (χ1n) is 7.36. The van der Waals surface area contributed by atoms with E-state index in [1.54, 1.807) is 0 Å². The Hall–Kier alpha value is -1.53. The second kappa shape index (κ2) is 7.91. The molecule has 110 valence electrons. The van der Waals surface area contributed by atoms with Gasteiger partial charge in [-0.3, -0.25) is 0 Å². The van der Waals surface area contributed by atoms with Crippen LogP contribution >= 0.6 is 0 Å². The lowest BCUT2D eigenvalue weighted by molar-refractivity contribution is 0.280. The zero-order valence-electron chi connectivity index (χ0n) is 13.1. The van der Waals surface area contributed by atoms with Gasteiger partial charge in [-0.15, -0.1) is 0 Å². The molecule has 20 heavy (non-hydrogen) atoms. The van der Waals surface area contributed by atoms with Crippen LogP contribution in [-0.4, -0.2) is 13.2 Å². The van der Waals surface area contributed by atoms with Crippen molar-refractivity contribution in [3.05, 3.63) is 29.8 Å². The van der Waals surface area contributed by atoms with Crippen LogP contribution in [0.2, 0.25) is 0 Å². The molecule has 0 fully saturated rings. The molecule has 1 rings (SSSR count). The third-order valence-corrected chi connectivity index (χ3v) is 3.40. The molecule has 0 aromatic heterocycles. The molecule has 0 aliphatic heterocycles. The number of benzene rings is 1. The van der Waals surface area contributed by atoms with E-state index in [4.69, 9.17) is 10.00 Å². The summed E-state index contributed by atoms with van der Waals surface area (Å²) in [5.74, 6) is 0.940. The van der Waals surface area contributed by atoms with Crippen molar-refractivity contribution >= 4 is 0 Å². The Labute approximate surface area is 123 Å². The third kappa shape index (κ3) is 5.22. The molecule has 1 N–H and O–H groups in total. The number of nitriles is 1. The molecule has 3 heteroatoms. The summed E-state index contributed by atoms with van der Waals surface area (Å²) in [5, 5.41) is 12.4. The average Bonchev–Trinajstić information content (AvgIpc) is 2.44. The van der Waals surface area contributed by atoms with Crippen molar-refractivity contribution in [2.24, 2.45) is 5.41 Å². The van der Waals surface area contributed by atoms with Crippen molar-refractivity contribution in [2.45, 2.75) is 46.6 Å². The molecule has 0 aliphatic rings. The highest BCUT2D eigenvalue weighted by Crippen LogP contribution is 2.26. The van der Waals surface area contributed by atoms with Gasteiger partial charge in [-0.05, 0) is 46.2 Å². The first-order valence-corrected chi connectivity index (χ1v) is 7.36. The number of ether oxygens (including phenoxy) is 1. The fraction of sp³-hybridized carbons (Fsp3) is 0.588. The minimum absolute atomic E-state index is 0.264. The SMILES string of the molecule is CCNC(C)c1ccccc1OCCCC(C)(C)C#N. The zero-order valence-corrected chi connectivity index (χ0v) is 13.1. The van der Waals surface area contributed by atoms with Crippen LogP contribution in [0.1, 0.15) is 52.1 Å². The Bertz CT molecular complexity index is 449. The number of nitrogens with zero attached hydrogens (tertiary/aromatic N) is 1. The number of hydrogen-bond donors (Lipinski definition) is 1. The molecule has 3 nitrogen and oxygen atoms in total. The maximum Gasteiger partial charge on any atom is 0.124 e. The molecular formula is C17H26N2O. The Morgan fingerprint density at radius 2 is 2.05 bits per heavy atom. The van der Waals surface area contributed by atoms with Gasteiger partial charge in [0.1, 0.15) is 5.75 Å². The average molecular weight is 274 g/mol. The second-order valence-corrected chi connectivity index (χ2v) is 5.76. The maximum absolute atomic E-state index is 8.99. The summed E-state index contributed by atoms with van der Waals surface area (Å²) in [7, 11) is 0. The van der Waals surface area contributed by atoms with Gasteiger partial charge >= 0.3 is 0 Å². The Balaban J connectivity index is 2.54. The molecule has 0 bridgehead atoms. The van der Waals surface area contributed by atoms with Crippen LogP contribution in [0.4, 0.5) is 0 Å². The molecule has 0 amide bonds. The second-order valence-electron chi connectivity index (χ2n) is 5.76. The van der Waals surface area contributed by atoms with Crippen LogP contribution in [-0.2, 0) is 0 Å². The van der Waals surface area contributed by atoms with Crippen LogP contribution in [0.3, 0.4) is 0 Å². The van der Waals surface area contributed by atoms with Gasteiger partial charge in [-0.2, -0.15) is 5.26 Å². The van der Waals surface area contributed by atoms with Gasteiger partial charge in [0.25, 0.3) is 0 Å². The molecule has 1 aromatic carbocycles. The van der Waals surface area contributed by atoms with E-state index in [0.717, 1.165) is 25.1 Å². The molecule has 0 aliphatic carbocycles. The molecule has 1 aromatic rings. The van der Waals surface area contributed by atoms with Crippen LogP contribution in [0, 0.1) is 16.7 Å². The van der Waals surface area contributed by atoms with Crippen LogP contribution in [0.15, 0.2) is 24.3 Å². The monoisotopic (exact) mass is 274 g/mol. The molecule has 0 heterocycles. The van der Waals surface area contributed by atoms with Crippen LogP contribution in [0.5, 0.6) is 5.75 Å². The molecule has 0 saturated heterocycles. The zero-order chi connectivity index (χ0) is 15.0. The molecule has 0 spiro atoms. The first-order chi connectivity index (χ1) is 9.50. The van der Waals surface area contributed by atoms with Gasteiger partial charge in [-0.25, -0.2) is 0 Å². The fourth-order valence-corrected chi connectivity index (χ4v) is 2.14. The lowest BCUT2D eigenvalue weighted by Gasteiger charge is -2.19. The molecular weight excluding hydrogens is 248 g/mol. The van der Waals surface area contributed by atoms with Crippen molar-refractivity contribution < 1.29 is 4.74 Å². The summed E-state index contributed by atoms with van der Waals surface area (Å²) >= 11 is 0. The summed E-state index contributed by atoms with van der Waals surface area (Å²) in [6, 6.07) is 10.7. The van der Waals surface area contributed by atoms with E-state index in [-0.39, 0.29) is 11.5 Å². The van der Waals surface area contributed by atoms with E-state index in [1.807, 2.05) is 32.0 Å². The van der Waals surface area contributed by atoms with Crippen molar-refractivity contribution in [1.82, 2.24) is 5.32 Å². The Morgan fingerprint density at radius 1 is 1.35 bits per heavy atom. The molecule has 0 saturated carbocycles. The van der Waals surface area contributed by atoms with Crippen molar-refractivity contribution in [3.63, 3.8) is 0 Å². The summed E-state index contributed by atoms with van der Waals surface area (Å²) in [5.41, 5.74) is 0.925. The minimum Gasteiger partial charge on any atom is -0.493 e. The summed E-state index contributed by atoms with van der Waals surface area (Å²) in [6.07, 6.45) is 1.75. The lowest BCUT2D eigenvalue weighted by atomic mass is 9.90. The summed E-state index contributed by atoms with van der Waals surface area (Å²) < 4.78 is 5.90. The van der Waals surface area contributed by atoms with E-state index >= 15 is 0 Å². The molecule has 1 atom stereocenters. The first kappa shape index (κ1) is 16.5. The van der Waals surface area contributed by atoms with E-state index in [0.29, 0.717) is 6.61 Å².